The molecule has 0 aliphatic carbocycles. The Morgan fingerprint density at radius 2 is 2.55 bits per heavy atom. The summed E-state index contributed by atoms with van der Waals surface area (Å²) in [6, 6.07) is -0.0244. The van der Waals surface area contributed by atoms with Crippen LogP contribution in [0, 0.1) is 5.92 Å². The molecule has 0 unspecified atom stereocenters. The number of hydrogen-bond acceptors (Lipinski definition) is 4. The monoisotopic (exact) mass is 297 g/mol. The summed E-state index contributed by atoms with van der Waals surface area (Å²) < 4.78 is 5.47. The Labute approximate surface area is 124 Å². The van der Waals surface area contributed by atoms with Crippen molar-refractivity contribution >= 4 is 17.4 Å². The molecule has 1 N–H and O–H groups in total. The molecule has 2 amide bonds. The molecule has 6 heteroatoms. The van der Waals surface area contributed by atoms with Crippen molar-refractivity contribution in [2.75, 3.05) is 26.3 Å². The molecule has 2 rings (SSSR count). The van der Waals surface area contributed by atoms with E-state index < -0.39 is 0 Å². The summed E-state index contributed by atoms with van der Waals surface area (Å²) in [5.41, 5.74) is 0. The van der Waals surface area contributed by atoms with Crippen molar-refractivity contribution in [3.63, 3.8) is 0 Å². The Morgan fingerprint density at radius 3 is 3.25 bits per heavy atom. The van der Waals surface area contributed by atoms with Gasteiger partial charge in [-0.15, -0.1) is 11.3 Å². The molecular weight excluding hydrogens is 274 g/mol. The van der Waals surface area contributed by atoms with Crippen molar-refractivity contribution in [3.05, 3.63) is 16.6 Å². The number of aromatic nitrogens is 1. The fourth-order valence-corrected chi connectivity index (χ4v) is 3.10. The molecular formula is C14H23N3O2S. The van der Waals surface area contributed by atoms with Gasteiger partial charge < -0.3 is 15.0 Å². The van der Waals surface area contributed by atoms with Crippen LogP contribution in [-0.2, 0) is 4.74 Å². The highest BCUT2D eigenvalue weighted by atomic mass is 32.1. The number of ether oxygens (including phenoxy) is 1. The predicted molar refractivity (Wildman–Crippen MR) is 79.9 cm³/mol. The highest BCUT2D eigenvalue weighted by Gasteiger charge is 2.25. The second-order valence-electron chi connectivity index (χ2n) is 5.16. The Hall–Kier alpha value is -1.14. The maximum absolute atomic E-state index is 12.3. The van der Waals surface area contributed by atoms with Gasteiger partial charge in [-0.05, 0) is 26.7 Å². The zero-order valence-corrected chi connectivity index (χ0v) is 13.0. The molecule has 0 spiro atoms. The summed E-state index contributed by atoms with van der Waals surface area (Å²) in [7, 11) is 0. The molecule has 5 nitrogen and oxygen atoms in total. The third-order valence-corrected chi connectivity index (χ3v) is 4.48. The van der Waals surface area contributed by atoms with Crippen LogP contribution in [-0.4, -0.2) is 42.2 Å². The van der Waals surface area contributed by atoms with E-state index in [-0.39, 0.29) is 12.1 Å². The highest BCUT2D eigenvalue weighted by molar-refractivity contribution is 7.09. The van der Waals surface area contributed by atoms with E-state index in [1.54, 1.807) is 17.5 Å². The number of nitrogens with zero attached hydrogens (tertiary/aromatic N) is 2. The van der Waals surface area contributed by atoms with Gasteiger partial charge in [0.2, 0.25) is 0 Å². The largest absolute Gasteiger partial charge is 0.381 e. The average Bonchev–Trinajstić information content (AvgIpc) is 2.99. The molecule has 1 aliphatic heterocycles. The van der Waals surface area contributed by atoms with Crippen LogP contribution in [0.3, 0.4) is 0 Å². The standard InChI is InChI=1S/C14H23N3O2S/c1-3-19-10-12-5-4-7-17(9-12)14(18)16-11(2)13-15-6-8-20-13/h6,8,11-12H,3-5,7,9-10H2,1-2H3,(H,16,18)/t11-,12+/m1/s1. The number of rotatable bonds is 5. The van der Waals surface area contributed by atoms with Crippen LogP contribution in [0.15, 0.2) is 11.6 Å². The van der Waals surface area contributed by atoms with Crippen molar-refractivity contribution in [1.82, 2.24) is 15.2 Å². The van der Waals surface area contributed by atoms with Crippen molar-refractivity contribution in [1.29, 1.82) is 0 Å². The number of likely N-dealkylation sites (tertiary alicyclic amines) is 1. The molecule has 2 heterocycles. The lowest BCUT2D eigenvalue weighted by molar-refractivity contribution is 0.0752. The third kappa shape index (κ3) is 4.18. The molecule has 0 saturated carbocycles. The first-order valence-corrected chi connectivity index (χ1v) is 8.11. The van der Waals surface area contributed by atoms with E-state index in [0.717, 1.165) is 44.2 Å². The van der Waals surface area contributed by atoms with Crippen LogP contribution < -0.4 is 5.32 Å². The lowest BCUT2D eigenvalue weighted by Crippen LogP contribution is -2.46. The van der Waals surface area contributed by atoms with E-state index >= 15 is 0 Å². The Kier molecular flexibility index (Phi) is 5.79. The quantitative estimate of drug-likeness (QED) is 0.909. The molecule has 2 atom stereocenters. The van der Waals surface area contributed by atoms with Gasteiger partial charge in [0.1, 0.15) is 5.01 Å². The number of piperidine rings is 1. The number of hydrogen-bond donors (Lipinski definition) is 1. The normalized spacial score (nSPS) is 20.7. The van der Waals surface area contributed by atoms with E-state index in [4.69, 9.17) is 4.74 Å². The van der Waals surface area contributed by atoms with Gasteiger partial charge in [0.25, 0.3) is 0 Å². The van der Waals surface area contributed by atoms with Crippen molar-refractivity contribution in [2.45, 2.75) is 32.7 Å². The maximum Gasteiger partial charge on any atom is 0.317 e. The lowest BCUT2D eigenvalue weighted by Gasteiger charge is -2.33. The minimum absolute atomic E-state index is 0.00824. The van der Waals surface area contributed by atoms with Gasteiger partial charge >= 0.3 is 6.03 Å². The van der Waals surface area contributed by atoms with Crippen molar-refractivity contribution in [3.8, 4) is 0 Å². The number of nitrogens with one attached hydrogen (secondary N) is 1. The van der Waals surface area contributed by atoms with Gasteiger partial charge in [0, 0.05) is 37.2 Å². The second kappa shape index (κ2) is 7.59. The summed E-state index contributed by atoms with van der Waals surface area (Å²) >= 11 is 1.57. The first-order valence-electron chi connectivity index (χ1n) is 7.23. The maximum atomic E-state index is 12.3. The minimum Gasteiger partial charge on any atom is -0.381 e. The number of urea groups is 1. The molecule has 0 aromatic carbocycles. The lowest BCUT2D eigenvalue weighted by atomic mass is 9.99. The van der Waals surface area contributed by atoms with Gasteiger partial charge in [-0.3, -0.25) is 0 Å². The van der Waals surface area contributed by atoms with Crippen LogP contribution in [0.2, 0.25) is 0 Å². The molecule has 1 fully saturated rings. The number of thiazole rings is 1. The molecule has 1 aliphatic rings. The van der Waals surface area contributed by atoms with E-state index in [0.29, 0.717) is 5.92 Å². The molecule has 112 valence electrons. The number of carbonyl (C=O) groups excluding carboxylic acids is 1. The van der Waals surface area contributed by atoms with Crippen LogP contribution >= 0.6 is 11.3 Å². The highest BCUT2D eigenvalue weighted by Crippen LogP contribution is 2.19. The van der Waals surface area contributed by atoms with Crippen LogP contribution in [0.4, 0.5) is 4.79 Å². The summed E-state index contributed by atoms with van der Waals surface area (Å²) in [6.07, 6.45) is 3.96. The molecule has 1 aromatic heterocycles. The number of carbonyl (C=O) groups is 1. The van der Waals surface area contributed by atoms with E-state index in [2.05, 4.69) is 10.3 Å². The van der Waals surface area contributed by atoms with Gasteiger partial charge in [-0.25, -0.2) is 9.78 Å². The van der Waals surface area contributed by atoms with Gasteiger partial charge in [-0.2, -0.15) is 0 Å². The van der Waals surface area contributed by atoms with Gasteiger partial charge in [-0.1, -0.05) is 0 Å². The van der Waals surface area contributed by atoms with Crippen LogP contribution in [0.1, 0.15) is 37.7 Å². The van der Waals surface area contributed by atoms with Crippen molar-refractivity contribution in [2.24, 2.45) is 5.92 Å². The van der Waals surface area contributed by atoms with E-state index in [1.165, 1.54) is 0 Å². The third-order valence-electron chi connectivity index (χ3n) is 3.53. The first kappa shape index (κ1) is 15.3. The Bertz CT molecular complexity index is 411. The number of amides is 2. The van der Waals surface area contributed by atoms with Gasteiger partial charge in [0.15, 0.2) is 0 Å². The fraction of sp³-hybridized carbons (Fsp3) is 0.714. The Balaban J connectivity index is 1.82. The SMILES string of the molecule is CCOC[C@H]1CCCN(C(=O)N[C@H](C)c2nccs2)C1. The first-order chi connectivity index (χ1) is 9.70. The summed E-state index contributed by atoms with van der Waals surface area (Å²) in [5.74, 6) is 0.463. The Morgan fingerprint density at radius 1 is 1.70 bits per heavy atom. The molecule has 1 saturated heterocycles. The smallest absolute Gasteiger partial charge is 0.317 e. The molecule has 20 heavy (non-hydrogen) atoms. The van der Waals surface area contributed by atoms with Crippen LogP contribution in [0.5, 0.6) is 0 Å². The zero-order valence-electron chi connectivity index (χ0n) is 12.2. The topological polar surface area (TPSA) is 54.5 Å². The minimum atomic E-state index is -0.0326. The van der Waals surface area contributed by atoms with E-state index in [1.807, 2.05) is 24.1 Å². The zero-order chi connectivity index (χ0) is 14.4. The summed E-state index contributed by atoms with van der Waals surface area (Å²) in [4.78, 5) is 18.4. The predicted octanol–water partition coefficient (Wildman–Crippen LogP) is 2.66. The van der Waals surface area contributed by atoms with Gasteiger partial charge in [0.05, 0.1) is 12.6 Å². The molecule has 0 radical (unpaired) electrons. The van der Waals surface area contributed by atoms with Crippen LogP contribution in [0.25, 0.3) is 0 Å². The molecule has 0 bridgehead atoms. The second-order valence-corrected chi connectivity index (χ2v) is 6.08. The molecule has 1 aromatic rings. The average molecular weight is 297 g/mol. The summed E-state index contributed by atoms with van der Waals surface area (Å²) in [6.45, 7) is 7.09. The summed E-state index contributed by atoms with van der Waals surface area (Å²) in [5, 5.41) is 5.90. The fourth-order valence-electron chi connectivity index (χ4n) is 2.46. The van der Waals surface area contributed by atoms with E-state index in [9.17, 15) is 4.79 Å². The van der Waals surface area contributed by atoms with Crippen molar-refractivity contribution < 1.29 is 9.53 Å².